The van der Waals surface area contributed by atoms with Crippen LogP contribution in [0, 0.1) is 5.41 Å². The van der Waals surface area contributed by atoms with Crippen LogP contribution in [-0.4, -0.2) is 37.1 Å². The number of nitrogens with one attached hydrogen (secondary N) is 1. The maximum atomic E-state index is 3.60. The first-order chi connectivity index (χ1) is 9.07. The fourth-order valence-electron chi connectivity index (χ4n) is 3.26. The summed E-state index contributed by atoms with van der Waals surface area (Å²) in [6.45, 7) is 7.40. The van der Waals surface area contributed by atoms with Crippen LogP contribution in [0.4, 0.5) is 0 Å². The Balaban J connectivity index is 1.48. The van der Waals surface area contributed by atoms with Gasteiger partial charge in [0.15, 0.2) is 0 Å². The van der Waals surface area contributed by atoms with E-state index in [2.05, 4.69) is 31.1 Å². The quantitative estimate of drug-likeness (QED) is 0.672. The highest BCUT2D eigenvalue weighted by atomic mass is 15.1. The summed E-state index contributed by atoms with van der Waals surface area (Å²) in [5.74, 6) is 0. The predicted molar refractivity (Wildman–Crippen MR) is 83.5 cm³/mol. The second kappa shape index (κ2) is 7.08. The van der Waals surface area contributed by atoms with E-state index in [1.165, 1.54) is 70.9 Å². The predicted octanol–water partition coefficient (Wildman–Crippen LogP) is 3.81. The Morgan fingerprint density at radius 2 is 1.68 bits per heavy atom. The minimum atomic E-state index is 0.603. The molecule has 0 heterocycles. The Morgan fingerprint density at radius 1 is 1.00 bits per heavy atom. The molecule has 0 aromatic rings. The average molecular weight is 266 g/mol. The zero-order valence-corrected chi connectivity index (χ0v) is 13.4. The van der Waals surface area contributed by atoms with E-state index in [4.69, 9.17) is 0 Å². The molecule has 2 fully saturated rings. The highest BCUT2D eigenvalue weighted by Crippen LogP contribution is 2.36. The van der Waals surface area contributed by atoms with Gasteiger partial charge in [-0.2, -0.15) is 0 Å². The van der Waals surface area contributed by atoms with E-state index in [0.717, 1.165) is 12.1 Å². The summed E-state index contributed by atoms with van der Waals surface area (Å²) in [4.78, 5) is 2.63. The van der Waals surface area contributed by atoms with Gasteiger partial charge >= 0.3 is 0 Å². The van der Waals surface area contributed by atoms with E-state index in [1.807, 2.05) is 0 Å². The van der Waals surface area contributed by atoms with E-state index in [-0.39, 0.29) is 0 Å². The van der Waals surface area contributed by atoms with Gasteiger partial charge in [-0.15, -0.1) is 0 Å². The molecule has 0 spiro atoms. The van der Waals surface area contributed by atoms with Gasteiger partial charge in [-0.3, -0.25) is 0 Å². The van der Waals surface area contributed by atoms with Gasteiger partial charge in [0, 0.05) is 12.1 Å². The minimum Gasteiger partial charge on any atom is -0.314 e. The van der Waals surface area contributed by atoms with Gasteiger partial charge in [-0.25, -0.2) is 0 Å². The van der Waals surface area contributed by atoms with Gasteiger partial charge < -0.3 is 10.2 Å². The maximum absolute atomic E-state index is 3.60. The van der Waals surface area contributed by atoms with Gasteiger partial charge in [0.2, 0.25) is 0 Å². The lowest BCUT2D eigenvalue weighted by Crippen LogP contribution is -2.37. The van der Waals surface area contributed by atoms with Gasteiger partial charge in [0.25, 0.3) is 0 Å². The summed E-state index contributed by atoms with van der Waals surface area (Å²) >= 11 is 0. The van der Waals surface area contributed by atoms with Crippen molar-refractivity contribution in [3.63, 3.8) is 0 Å². The van der Waals surface area contributed by atoms with Crippen LogP contribution in [0.25, 0.3) is 0 Å². The largest absolute Gasteiger partial charge is 0.314 e. The molecule has 0 aliphatic heterocycles. The van der Waals surface area contributed by atoms with Gasteiger partial charge in [-0.1, -0.05) is 20.3 Å². The lowest BCUT2D eigenvalue weighted by Gasteiger charge is -2.38. The summed E-state index contributed by atoms with van der Waals surface area (Å²) in [6.07, 6.45) is 12.6. The Kier molecular flexibility index (Phi) is 5.70. The molecule has 0 aromatic heterocycles. The van der Waals surface area contributed by atoms with Crippen molar-refractivity contribution in [2.24, 2.45) is 5.41 Å². The van der Waals surface area contributed by atoms with E-state index in [9.17, 15) is 0 Å². The molecule has 0 bridgehead atoms. The topological polar surface area (TPSA) is 15.3 Å². The number of hydrogen-bond acceptors (Lipinski definition) is 2. The van der Waals surface area contributed by atoms with Crippen molar-refractivity contribution in [1.82, 2.24) is 10.2 Å². The molecule has 2 saturated carbocycles. The molecule has 0 radical (unpaired) electrons. The van der Waals surface area contributed by atoms with Crippen LogP contribution >= 0.6 is 0 Å². The molecule has 112 valence electrons. The SMILES string of the molecule is CN(CCCCCNC1CC1)C1CCC(C)(C)CC1. The fourth-order valence-corrected chi connectivity index (χ4v) is 3.26. The van der Waals surface area contributed by atoms with Crippen molar-refractivity contribution in [2.75, 3.05) is 20.1 Å². The molecule has 2 nitrogen and oxygen atoms in total. The first-order valence-electron chi connectivity index (χ1n) is 8.50. The third kappa shape index (κ3) is 5.83. The van der Waals surface area contributed by atoms with Crippen molar-refractivity contribution < 1.29 is 0 Å². The third-order valence-electron chi connectivity index (χ3n) is 5.13. The number of unbranched alkanes of at least 4 members (excludes halogenated alkanes) is 2. The van der Waals surface area contributed by atoms with Crippen LogP contribution < -0.4 is 5.32 Å². The second-order valence-electron chi connectivity index (χ2n) is 7.67. The Bertz CT molecular complexity index is 248. The third-order valence-corrected chi connectivity index (χ3v) is 5.13. The smallest absolute Gasteiger partial charge is 0.00926 e. The first kappa shape index (κ1) is 15.3. The standard InChI is InChI=1S/C17H34N2/c1-17(2)11-9-16(10-12-17)19(3)14-6-4-5-13-18-15-7-8-15/h15-16,18H,4-14H2,1-3H3. The number of nitrogens with zero attached hydrogens (tertiary/aromatic N) is 1. The van der Waals surface area contributed by atoms with Crippen LogP contribution in [0.2, 0.25) is 0 Å². The minimum absolute atomic E-state index is 0.603. The fraction of sp³-hybridized carbons (Fsp3) is 1.00. The molecular formula is C17H34N2. The van der Waals surface area contributed by atoms with Crippen LogP contribution in [0.1, 0.15) is 71.6 Å². The highest BCUT2D eigenvalue weighted by Gasteiger charge is 2.28. The van der Waals surface area contributed by atoms with Gasteiger partial charge in [0.1, 0.15) is 0 Å². The molecule has 0 amide bonds. The first-order valence-corrected chi connectivity index (χ1v) is 8.50. The monoisotopic (exact) mass is 266 g/mol. The lowest BCUT2D eigenvalue weighted by atomic mass is 9.75. The van der Waals surface area contributed by atoms with Crippen molar-refractivity contribution >= 4 is 0 Å². The van der Waals surface area contributed by atoms with Crippen molar-refractivity contribution in [3.8, 4) is 0 Å². The molecular weight excluding hydrogens is 232 g/mol. The van der Waals surface area contributed by atoms with Crippen molar-refractivity contribution in [3.05, 3.63) is 0 Å². The molecule has 2 heteroatoms. The van der Waals surface area contributed by atoms with Gasteiger partial charge in [0.05, 0.1) is 0 Å². The Labute approximate surface area is 120 Å². The zero-order valence-electron chi connectivity index (χ0n) is 13.4. The normalized spacial score (nSPS) is 24.0. The van der Waals surface area contributed by atoms with Gasteiger partial charge in [-0.05, 0) is 76.9 Å². The summed E-state index contributed by atoms with van der Waals surface area (Å²) in [6, 6.07) is 1.74. The molecule has 0 atom stereocenters. The van der Waals surface area contributed by atoms with E-state index in [1.54, 1.807) is 0 Å². The van der Waals surface area contributed by atoms with Crippen LogP contribution in [0.3, 0.4) is 0 Å². The summed E-state index contributed by atoms with van der Waals surface area (Å²) in [5.41, 5.74) is 0.603. The molecule has 19 heavy (non-hydrogen) atoms. The summed E-state index contributed by atoms with van der Waals surface area (Å²) < 4.78 is 0. The van der Waals surface area contributed by atoms with Crippen molar-refractivity contribution in [1.29, 1.82) is 0 Å². The molecule has 1 N–H and O–H groups in total. The van der Waals surface area contributed by atoms with E-state index >= 15 is 0 Å². The molecule has 0 aromatic carbocycles. The van der Waals surface area contributed by atoms with E-state index < -0.39 is 0 Å². The zero-order chi connectivity index (χ0) is 13.7. The Morgan fingerprint density at radius 3 is 2.32 bits per heavy atom. The van der Waals surface area contributed by atoms with Crippen molar-refractivity contribution in [2.45, 2.75) is 83.7 Å². The van der Waals surface area contributed by atoms with Crippen LogP contribution in [-0.2, 0) is 0 Å². The molecule has 2 aliphatic rings. The molecule has 0 unspecified atom stereocenters. The average Bonchev–Trinajstić information content (AvgIpc) is 3.17. The maximum Gasteiger partial charge on any atom is 0.00926 e. The van der Waals surface area contributed by atoms with E-state index in [0.29, 0.717) is 5.41 Å². The Hall–Kier alpha value is -0.0800. The molecule has 2 rings (SSSR count). The lowest BCUT2D eigenvalue weighted by molar-refractivity contribution is 0.126. The molecule has 2 aliphatic carbocycles. The number of rotatable bonds is 8. The highest BCUT2D eigenvalue weighted by molar-refractivity contribution is 4.83. The van der Waals surface area contributed by atoms with Crippen LogP contribution in [0.15, 0.2) is 0 Å². The van der Waals surface area contributed by atoms with Crippen LogP contribution in [0.5, 0.6) is 0 Å². The summed E-state index contributed by atoms with van der Waals surface area (Å²) in [7, 11) is 2.34. The molecule has 0 saturated heterocycles. The number of hydrogen-bond donors (Lipinski definition) is 1. The second-order valence-corrected chi connectivity index (χ2v) is 7.67. The summed E-state index contributed by atoms with van der Waals surface area (Å²) in [5, 5.41) is 3.60.